The second kappa shape index (κ2) is 9.15. The molecule has 1 aliphatic rings. The van der Waals surface area contributed by atoms with E-state index in [1.165, 1.54) is 12.1 Å². The minimum absolute atomic E-state index is 0.256. The van der Waals surface area contributed by atoms with Crippen molar-refractivity contribution in [2.24, 2.45) is 4.99 Å². The molecule has 4 rings (SSSR count). The van der Waals surface area contributed by atoms with Gasteiger partial charge in [-0.05, 0) is 57.0 Å². The fourth-order valence-corrected chi connectivity index (χ4v) is 3.85. The van der Waals surface area contributed by atoms with Gasteiger partial charge in [0, 0.05) is 42.8 Å². The third kappa shape index (κ3) is 4.56. The minimum Gasteiger partial charge on any atom is -0.459 e. The average molecular weight is 410 g/mol. The van der Waals surface area contributed by atoms with Gasteiger partial charge in [-0.2, -0.15) is 0 Å². The Bertz CT molecular complexity index is 1010. The van der Waals surface area contributed by atoms with E-state index in [2.05, 4.69) is 33.5 Å². The van der Waals surface area contributed by atoms with Crippen molar-refractivity contribution in [2.45, 2.75) is 39.3 Å². The number of nitrogens with one attached hydrogen (secondary N) is 2. The highest BCUT2D eigenvalue weighted by atomic mass is 19.1. The van der Waals surface area contributed by atoms with E-state index in [9.17, 15) is 4.39 Å². The van der Waals surface area contributed by atoms with Crippen molar-refractivity contribution in [1.29, 1.82) is 0 Å². The van der Waals surface area contributed by atoms with Crippen molar-refractivity contribution in [3.05, 3.63) is 59.7 Å². The smallest absolute Gasteiger partial charge is 0.191 e. The second-order valence-electron chi connectivity index (χ2n) is 7.58. The number of hydrogen-bond acceptors (Lipinski definition) is 4. The number of pyridine rings is 1. The maximum absolute atomic E-state index is 13.5. The van der Waals surface area contributed by atoms with Crippen LogP contribution in [-0.2, 0) is 6.54 Å². The molecule has 30 heavy (non-hydrogen) atoms. The van der Waals surface area contributed by atoms with Crippen molar-refractivity contribution >= 4 is 22.7 Å². The van der Waals surface area contributed by atoms with Crippen LogP contribution in [0.2, 0.25) is 0 Å². The van der Waals surface area contributed by atoms with Crippen LogP contribution in [0.4, 0.5) is 10.2 Å². The van der Waals surface area contributed by atoms with Crippen LogP contribution in [0.1, 0.15) is 31.1 Å². The number of aryl methyl sites for hydroxylation is 1. The number of furan rings is 1. The maximum atomic E-state index is 13.5. The number of nitrogens with zero attached hydrogens (tertiary/aromatic N) is 3. The van der Waals surface area contributed by atoms with E-state index in [0.717, 1.165) is 61.0 Å². The van der Waals surface area contributed by atoms with Gasteiger partial charge in [-0.25, -0.2) is 14.4 Å². The van der Waals surface area contributed by atoms with Crippen molar-refractivity contribution < 1.29 is 8.81 Å². The summed E-state index contributed by atoms with van der Waals surface area (Å²) in [7, 11) is 0. The molecule has 1 aromatic carbocycles. The van der Waals surface area contributed by atoms with E-state index >= 15 is 0 Å². The largest absolute Gasteiger partial charge is 0.459 e. The Hall–Kier alpha value is -3.09. The Balaban J connectivity index is 1.39. The first-order valence-electron chi connectivity index (χ1n) is 10.5. The van der Waals surface area contributed by atoms with Gasteiger partial charge in [-0.1, -0.05) is 6.07 Å². The molecule has 7 heteroatoms. The lowest BCUT2D eigenvalue weighted by atomic mass is 10.1. The highest BCUT2D eigenvalue weighted by Crippen LogP contribution is 2.26. The van der Waals surface area contributed by atoms with Gasteiger partial charge in [-0.15, -0.1) is 0 Å². The number of aromatic nitrogens is 1. The maximum Gasteiger partial charge on any atom is 0.191 e. The van der Waals surface area contributed by atoms with E-state index < -0.39 is 0 Å². The summed E-state index contributed by atoms with van der Waals surface area (Å²) in [6.45, 7) is 7.11. The predicted octanol–water partition coefficient (Wildman–Crippen LogP) is 4.00. The first-order chi connectivity index (χ1) is 14.6. The third-order valence-corrected chi connectivity index (χ3v) is 5.53. The molecule has 3 heterocycles. The third-order valence-electron chi connectivity index (χ3n) is 5.53. The molecule has 0 aliphatic carbocycles. The van der Waals surface area contributed by atoms with Gasteiger partial charge in [0.05, 0.1) is 0 Å². The van der Waals surface area contributed by atoms with Crippen molar-refractivity contribution in [3.63, 3.8) is 0 Å². The monoisotopic (exact) mass is 409 g/mol. The lowest BCUT2D eigenvalue weighted by molar-refractivity contribution is 0.459. The molecule has 0 spiro atoms. The number of halogens is 1. The van der Waals surface area contributed by atoms with Gasteiger partial charge in [0.25, 0.3) is 0 Å². The molecular formula is C23H28FN5O. The summed E-state index contributed by atoms with van der Waals surface area (Å²) in [6, 6.07) is 11.0. The van der Waals surface area contributed by atoms with Crippen molar-refractivity contribution in [1.82, 2.24) is 15.6 Å². The number of piperidine rings is 1. The Labute approximate surface area is 176 Å². The summed E-state index contributed by atoms with van der Waals surface area (Å²) >= 11 is 0. The Morgan fingerprint density at radius 1 is 1.27 bits per heavy atom. The molecule has 1 aliphatic heterocycles. The highest BCUT2D eigenvalue weighted by molar-refractivity contribution is 5.83. The predicted molar refractivity (Wildman–Crippen MR) is 118 cm³/mol. The molecule has 0 unspecified atom stereocenters. The summed E-state index contributed by atoms with van der Waals surface area (Å²) in [4.78, 5) is 11.5. The van der Waals surface area contributed by atoms with Crippen LogP contribution in [0.3, 0.4) is 0 Å². The molecule has 0 saturated carbocycles. The fourth-order valence-electron chi connectivity index (χ4n) is 3.85. The Kier molecular flexibility index (Phi) is 6.16. The molecule has 0 radical (unpaired) electrons. The fraction of sp³-hybridized carbons (Fsp3) is 0.391. The summed E-state index contributed by atoms with van der Waals surface area (Å²) in [5, 5.41) is 7.67. The average Bonchev–Trinajstić information content (AvgIpc) is 3.08. The van der Waals surface area contributed by atoms with Crippen LogP contribution in [0, 0.1) is 12.7 Å². The lowest BCUT2D eigenvalue weighted by Crippen LogP contribution is -2.48. The van der Waals surface area contributed by atoms with Gasteiger partial charge < -0.3 is 20.0 Å². The Morgan fingerprint density at radius 3 is 2.83 bits per heavy atom. The van der Waals surface area contributed by atoms with Crippen molar-refractivity contribution in [3.8, 4) is 0 Å². The number of anilines is 1. The Morgan fingerprint density at radius 2 is 2.10 bits per heavy atom. The van der Waals surface area contributed by atoms with E-state index in [1.807, 2.05) is 25.3 Å². The van der Waals surface area contributed by atoms with Crippen LogP contribution in [-0.4, -0.2) is 36.6 Å². The van der Waals surface area contributed by atoms with Crippen LogP contribution in [0.15, 0.2) is 52.0 Å². The van der Waals surface area contributed by atoms with E-state index in [0.29, 0.717) is 18.2 Å². The van der Waals surface area contributed by atoms with Crippen molar-refractivity contribution in [2.75, 3.05) is 24.5 Å². The van der Waals surface area contributed by atoms with Gasteiger partial charge in [0.1, 0.15) is 29.5 Å². The van der Waals surface area contributed by atoms with E-state index in [4.69, 9.17) is 9.41 Å². The number of fused-ring (bicyclic) bond motifs is 1. The number of benzene rings is 1. The van der Waals surface area contributed by atoms with Crippen LogP contribution in [0.25, 0.3) is 11.0 Å². The number of guanidine groups is 1. The molecular weight excluding hydrogens is 381 g/mol. The quantitative estimate of drug-likeness (QED) is 0.493. The molecule has 0 amide bonds. The number of hydrogen-bond donors (Lipinski definition) is 2. The topological polar surface area (TPSA) is 65.7 Å². The standard InChI is InChI=1S/C23H28FN5O/c1-3-25-23(27-15-21-16(2)19-14-17(24)7-8-20(19)30-21)28-18-9-12-29(13-10-18)22-6-4-5-11-26-22/h4-8,11,14,18H,3,9-10,12-13,15H2,1-2H3,(H2,25,27,28). The van der Waals surface area contributed by atoms with E-state index in [1.54, 1.807) is 6.07 Å². The molecule has 158 valence electrons. The van der Waals surface area contributed by atoms with Gasteiger partial charge in [0.2, 0.25) is 0 Å². The zero-order valence-corrected chi connectivity index (χ0v) is 17.5. The highest BCUT2D eigenvalue weighted by Gasteiger charge is 2.21. The molecule has 1 saturated heterocycles. The summed E-state index contributed by atoms with van der Waals surface area (Å²) in [5.74, 6) is 2.32. The zero-order valence-electron chi connectivity index (χ0n) is 17.5. The van der Waals surface area contributed by atoms with Gasteiger partial charge >= 0.3 is 0 Å². The van der Waals surface area contributed by atoms with Crippen LogP contribution < -0.4 is 15.5 Å². The lowest BCUT2D eigenvalue weighted by Gasteiger charge is -2.33. The van der Waals surface area contributed by atoms with Crippen LogP contribution in [0.5, 0.6) is 0 Å². The van der Waals surface area contributed by atoms with Gasteiger partial charge in [0.15, 0.2) is 5.96 Å². The number of aliphatic imine (C=N–C) groups is 1. The van der Waals surface area contributed by atoms with Crippen LogP contribution >= 0.6 is 0 Å². The molecule has 2 N–H and O–H groups in total. The molecule has 3 aromatic rings. The van der Waals surface area contributed by atoms with E-state index in [-0.39, 0.29) is 5.82 Å². The second-order valence-corrected chi connectivity index (χ2v) is 7.58. The number of rotatable bonds is 5. The summed E-state index contributed by atoms with van der Waals surface area (Å²) in [6.07, 6.45) is 3.87. The summed E-state index contributed by atoms with van der Waals surface area (Å²) in [5.41, 5.74) is 1.63. The minimum atomic E-state index is -0.256. The molecule has 0 atom stereocenters. The zero-order chi connectivity index (χ0) is 20.9. The SMILES string of the molecule is CCNC(=NCc1oc2ccc(F)cc2c1C)NC1CCN(c2ccccn2)CC1. The molecule has 6 nitrogen and oxygen atoms in total. The molecule has 1 fully saturated rings. The first-order valence-corrected chi connectivity index (χ1v) is 10.5. The molecule has 2 aromatic heterocycles. The summed E-state index contributed by atoms with van der Waals surface area (Å²) < 4.78 is 19.4. The normalized spacial score (nSPS) is 15.6. The van der Waals surface area contributed by atoms with Gasteiger partial charge in [-0.3, -0.25) is 0 Å². The first kappa shape index (κ1) is 20.2. The molecule has 0 bridgehead atoms.